The topological polar surface area (TPSA) is 84.2 Å². The van der Waals surface area contributed by atoms with Crippen LogP contribution < -0.4 is 0 Å². The summed E-state index contributed by atoms with van der Waals surface area (Å²) < 4.78 is 1.56. The van der Waals surface area contributed by atoms with Crippen molar-refractivity contribution < 1.29 is 9.59 Å². The van der Waals surface area contributed by atoms with Crippen LogP contribution in [0.5, 0.6) is 0 Å². The molecule has 126 valence electrons. The number of likely N-dealkylation sites (N-methyl/N-ethyl adjacent to an activating group) is 1. The highest BCUT2D eigenvalue weighted by molar-refractivity contribution is 5.92. The fraction of sp³-hybridized carbons (Fsp3) is 0.438. The summed E-state index contributed by atoms with van der Waals surface area (Å²) in [6.07, 6.45) is 9.30. The Kier molecular flexibility index (Phi) is 4.28. The first-order chi connectivity index (χ1) is 11.6. The van der Waals surface area contributed by atoms with Gasteiger partial charge in [0.2, 0.25) is 5.91 Å². The van der Waals surface area contributed by atoms with Gasteiger partial charge in [0, 0.05) is 45.4 Å². The van der Waals surface area contributed by atoms with Gasteiger partial charge in [0.1, 0.15) is 6.54 Å². The average molecular weight is 328 g/mol. The van der Waals surface area contributed by atoms with Crippen molar-refractivity contribution in [2.24, 2.45) is 0 Å². The number of carbonyl (C=O) groups is 2. The Balaban J connectivity index is 2.00. The Morgan fingerprint density at radius 3 is 2.75 bits per heavy atom. The van der Waals surface area contributed by atoms with Crippen molar-refractivity contribution >= 4 is 11.8 Å². The van der Waals surface area contributed by atoms with E-state index in [4.69, 9.17) is 0 Å². The van der Waals surface area contributed by atoms with E-state index in [0.717, 1.165) is 6.42 Å². The van der Waals surface area contributed by atoms with Crippen LogP contribution in [0.25, 0.3) is 0 Å². The summed E-state index contributed by atoms with van der Waals surface area (Å²) in [4.78, 5) is 37.5. The van der Waals surface area contributed by atoms with Crippen LogP contribution in [0, 0.1) is 0 Å². The van der Waals surface area contributed by atoms with Crippen molar-refractivity contribution in [1.82, 2.24) is 29.5 Å². The van der Waals surface area contributed by atoms with E-state index in [9.17, 15) is 9.59 Å². The lowest BCUT2D eigenvalue weighted by molar-refractivity contribution is -0.151. The zero-order valence-corrected chi connectivity index (χ0v) is 13.8. The van der Waals surface area contributed by atoms with E-state index in [-0.39, 0.29) is 18.4 Å². The Morgan fingerprint density at radius 1 is 1.29 bits per heavy atom. The summed E-state index contributed by atoms with van der Waals surface area (Å²) in [5, 5.41) is 4.07. The summed E-state index contributed by atoms with van der Waals surface area (Å²) in [5.74, 6) is -0.314. The molecule has 1 aliphatic rings. The second kappa shape index (κ2) is 6.38. The number of hydrogen-bond donors (Lipinski definition) is 0. The van der Waals surface area contributed by atoms with Crippen LogP contribution >= 0.6 is 0 Å². The molecule has 0 N–H and O–H groups in total. The maximum atomic E-state index is 13.0. The number of nitrogens with zero attached hydrogens (tertiary/aromatic N) is 6. The van der Waals surface area contributed by atoms with Gasteiger partial charge in [-0.3, -0.25) is 24.2 Å². The molecule has 8 heteroatoms. The zero-order valence-electron chi connectivity index (χ0n) is 13.8. The third-order valence-electron chi connectivity index (χ3n) is 4.29. The second-order valence-electron chi connectivity index (χ2n) is 6.00. The van der Waals surface area contributed by atoms with Crippen molar-refractivity contribution in [2.75, 3.05) is 20.6 Å². The van der Waals surface area contributed by atoms with Gasteiger partial charge in [-0.2, -0.15) is 5.10 Å². The number of amides is 2. The first-order valence-corrected chi connectivity index (χ1v) is 7.82. The van der Waals surface area contributed by atoms with Crippen LogP contribution in [-0.2, 0) is 21.7 Å². The quantitative estimate of drug-likeness (QED) is 0.805. The van der Waals surface area contributed by atoms with E-state index in [0.29, 0.717) is 18.7 Å². The number of rotatable bonds is 4. The standard InChI is InChI=1S/C16H20N6O2/c1-20(2)15(24)16(13-11-17-7-8-18-13)5-3-10-22(16)14(23)12-21-9-4-6-19-21/h4,6-9,11H,3,5,10,12H2,1-2H3. The van der Waals surface area contributed by atoms with Gasteiger partial charge in [-0.25, -0.2) is 0 Å². The monoisotopic (exact) mass is 328 g/mol. The molecule has 0 bridgehead atoms. The largest absolute Gasteiger partial charge is 0.346 e. The van der Waals surface area contributed by atoms with Crippen LogP contribution in [0.2, 0.25) is 0 Å². The molecule has 1 aliphatic heterocycles. The summed E-state index contributed by atoms with van der Waals surface area (Å²) in [7, 11) is 3.38. The highest BCUT2D eigenvalue weighted by atomic mass is 16.2. The van der Waals surface area contributed by atoms with Crippen LogP contribution in [-0.4, -0.2) is 62.0 Å². The van der Waals surface area contributed by atoms with E-state index in [1.807, 2.05) is 0 Å². The van der Waals surface area contributed by atoms with E-state index < -0.39 is 5.54 Å². The van der Waals surface area contributed by atoms with Crippen LogP contribution in [0.15, 0.2) is 37.1 Å². The minimum Gasteiger partial charge on any atom is -0.346 e. The summed E-state index contributed by atoms with van der Waals surface area (Å²) in [6.45, 7) is 0.603. The third kappa shape index (κ3) is 2.64. The number of hydrogen-bond acceptors (Lipinski definition) is 5. The molecule has 0 aromatic carbocycles. The van der Waals surface area contributed by atoms with E-state index in [2.05, 4.69) is 15.1 Å². The second-order valence-corrected chi connectivity index (χ2v) is 6.00. The lowest BCUT2D eigenvalue weighted by Gasteiger charge is -2.38. The maximum absolute atomic E-state index is 13.0. The van der Waals surface area contributed by atoms with Gasteiger partial charge in [0.05, 0.1) is 11.9 Å². The molecule has 0 aliphatic carbocycles. The van der Waals surface area contributed by atoms with Crippen molar-refractivity contribution in [2.45, 2.75) is 24.9 Å². The van der Waals surface area contributed by atoms with Crippen LogP contribution in [0.3, 0.4) is 0 Å². The van der Waals surface area contributed by atoms with Crippen molar-refractivity contribution in [3.05, 3.63) is 42.7 Å². The lowest BCUT2D eigenvalue weighted by Crippen LogP contribution is -2.55. The first kappa shape index (κ1) is 16.1. The van der Waals surface area contributed by atoms with E-state index in [1.165, 1.54) is 4.90 Å². The van der Waals surface area contributed by atoms with Gasteiger partial charge in [-0.1, -0.05) is 0 Å². The predicted octanol–water partition coefficient (Wildman–Crippen LogP) is 0.279. The Morgan fingerprint density at radius 2 is 2.12 bits per heavy atom. The molecule has 3 rings (SSSR count). The van der Waals surface area contributed by atoms with E-state index in [1.54, 1.807) is 60.7 Å². The van der Waals surface area contributed by atoms with Crippen molar-refractivity contribution in [3.63, 3.8) is 0 Å². The van der Waals surface area contributed by atoms with Crippen molar-refractivity contribution in [3.8, 4) is 0 Å². The summed E-state index contributed by atoms with van der Waals surface area (Å²) in [6, 6.07) is 1.76. The molecule has 2 aromatic rings. The molecule has 0 saturated carbocycles. The molecule has 8 nitrogen and oxygen atoms in total. The normalized spacial score (nSPS) is 20.2. The molecule has 0 spiro atoms. The Labute approximate surface area is 140 Å². The van der Waals surface area contributed by atoms with Gasteiger partial charge in [-0.05, 0) is 18.9 Å². The maximum Gasteiger partial charge on any atom is 0.254 e. The molecule has 2 aromatic heterocycles. The molecule has 2 amide bonds. The third-order valence-corrected chi connectivity index (χ3v) is 4.29. The molecule has 1 atom stereocenters. The van der Waals surface area contributed by atoms with Gasteiger partial charge in [-0.15, -0.1) is 0 Å². The average Bonchev–Trinajstić information content (AvgIpc) is 3.24. The molecule has 3 heterocycles. The molecular formula is C16H20N6O2. The SMILES string of the molecule is CN(C)C(=O)C1(c2cnccn2)CCCN1C(=O)Cn1cccn1. The number of likely N-dealkylation sites (tertiary alicyclic amines) is 1. The van der Waals surface area contributed by atoms with Gasteiger partial charge in [0.25, 0.3) is 5.91 Å². The molecule has 1 unspecified atom stereocenters. The molecule has 1 fully saturated rings. The molecule has 0 radical (unpaired) electrons. The fourth-order valence-electron chi connectivity index (χ4n) is 3.26. The van der Waals surface area contributed by atoms with E-state index >= 15 is 0 Å². The summed E-state index contributed by atoms with van der Waals surface area (Å²) in [5.41, 5.74) is -0.586. The minimum absolute atomic E-state index is 0.0930. The lowest BCUT2D eigenvalue weighted by atomic mass is 9.90. The van der Waals surface area contributed by atoms with Crippen LogP contribution in [0.4, 0.5) is 0 Å². The number of carbonyl (C=O) groups excluding carboxylic acids is 2. The number of aromatic nitrogens is 4. The predicted molar refractivity (Wildman–Crippen MR) is 85.6 cm³/mol. The highest BCUT2D eigenvalue weighted by Crippen LogP contribution is 2.39. The first-order valence-electron chi connectivity index (χ1n) is 7.82. The zero-order chi connectivity index (χ0) is 17.2. The molecule has 1 saturated heterocycles. The molecular weight excluding hydrogens is 308 g/mol. The van der Waals surface area contributed by atoms with Gasteiger partial charge < -0.3 is 9.80 Å². The summed E-state index contributed by atoms with van der Waals surface area (Å²) >= 11 is 0. The van der Waals surface area contributed by atoms with Crippen molar-refractivity contribution in [1.29, 1.82) is 0 Å². The fourth-order valence-corrected chi connectivity index (χ4v) is 3.26. The Hall–Kier alpha value is -2.77. The minimum atomic E-state index is -1.10. The smallest absolute Gasteiger partial charge is 0.254 e. The Bertz CT molecular complexity index is 715. The molecule has 24 heavy (non-hydrogen) atoms. The van der Waals surface area contributed by atoms with Gasteiger partial charge >= 0.3 is 0 Å². The van der Waals surface area contributed by atoms with Gasteiger partial charge in [0.15, 0.2) is 5.54 Å². The van der Waals surface area contributed by atoms with Crippen LogP contribution in [0.1, 0.15) is 18.5 Å². The highest BCUT2D eigenvalue weighted by Gasteiger charge is 2.53.